The summed E-state index contributed by atoms with van der Waals surface area (Å²) in [5, 5.41) is 22.3. The maximum atomic E-state index is 13.1. The molecular formula is C15H27N2O4P. The van der Waals surface area contributed by atoms with Gasteiger partial charge in [0.1, 0.15) is 5.41 Å². The van der Waals surface area contributed by atoms with Gasteiger partial charge in [0.15, 0.2) is 6.04 Å². The Balaban J connectivity index is 3.39. The van der Waals surface area contributed by atoms with E-state index in [4.69, 9.17) is 9.05 Å². The van der Waals surface area contributed by atoms with Gasteiger partial charge >= 0.3 is 7.60 Å². The molecule has 0 aromatic carbocycles. The molecule has 0 saturated heterocycles. The molecule has 0 aromatic heterocycles. The molecule has 0 radical (unpaired) electrons. The fourth-order valence-electron chi connectivity index (χ4n) is 2.78. The largest absolute Gasteiger partial charge is 0.623 e. The molecule has 0 unspecified atom stereocenters. The summed E-state index contributed by atoms with van der Waals surface area (Å²) in [6.45, 7) is 6.86. The molecule has 1 fully saturated rings. The van der Waals surface area contributed by atoms with Crippen molar-refractivity contribution in [1.82, 2.24) is 0 Å². The van der Waals surface area contributed by atoms with E-state index in [1.807, 2.05) is 0 Å². The Hall–Kier alpha value is -0.890. The highest BCUT2D eigenvalue weighted by Crippen LogP contribution is 2.54. The van der Waals surface area contributed by atoms with Crippen molar-refractivity contribution in [3.63, 3.8) is 0 Å². The number of nitrogens with zero attached hydrogens (tertiary/aromatic N) is 2. The molecule has 22 heavy (non-hydrogen) atoms. The van der Waals surface area contributed by atoms with E-state index in [1.165, 1.54) is 0 Å². The van der Waals surface area contributed by atoms with Crippen LogP contribution in [-0.4, -0.2) is 29.4 Å². The van der Waals surface area contributed by atoms with Gasteiger partial charge in [0.05, 0.1) is 19.3 Å². The van der Waals surface area contributed by atoms with Gasteiger partial charge in [-0.15, -0.1) is 0 Å². The molecule has 0 bridgehead atoms. The van der Waals surface area contributed by atoms with Crippen LogP contribution in [0.25, 0.3) is 0 Å². The summed E-state index contributed by atoms with van der Waals surface area (Å²) in [7, 11) is -3.78. The van der Waals surface area contributed by atoms with Crippen molar-refractivity contribution in [3.05, 3.63) is 5.21 Å². The van der Waals surface area contributed by atoms with Crippen LogP contribution in [0, 0.1) is 22.0 Å². The average Bonchev–Trinajstić information content (AvgIpc) is 2.48. The predicted molar refractivity (Wildman–Crippen MR) is 85.8 cm³/mol. The first kappa shape index (κ1) is 19.2. The maximum absolute atomic E-state index is 13.1. The quantitative estimate of drug-likeness (QED) is 0.231. The van der Waals surface area contributed by atoms with E-state index in [9.17, 15) is 15.0 Å². The molecule has 1 aliphatic carbocycles. The van der Waals surface area contributed by atoms with Crippen molar-refractivity contribution < 1.29 is 18.4 Å². The topological polar surface area (TPSA) is 85.4 Å². The van der Waals surface area contributed by atoms with Gasteiger partial charge in [-0.25, -0.2) is 4.57 Å². The summed E-state index contributed by atoms with van der Waals surface area (Å²) in [6, 6.07) is 1.81. The normalized spacial score (nSPS) is 18.7. The molecule has 126 valence electrons. The van der Waals surface area contributed by atoms with Crippen LogP contribution in [-0.2, 0) is 13.6 Å². The van der Waals surface area contributed by atoms with Crippen molar-refractivity contribution in [3.8, 4) is 6.07 Å². The molecule has 6 nitrogen and oxygen atoms in total. The van der Waals surface area contributed by atoms with Crippen LogP contribution in [0.5, 0.6) is 0 Å². The Bertz CT molecular complexity index is 480. The standard InChI is InChI=1S/C15H27N2O4P/c1-5-20-22(19,21-6-2)14(15(3,4)12-16)17(18)13-10-8-7-9-11-13/h13H,5-11H2,1-4H3. The van der Waals surface area contributed by atoms with Crippen LogP contribution >= 0.6 is 7.60 Å². The van der Waals surface area contributed by atoms with Gasteiger partial charge < -0.3 is 14.3 Å². The van der Waals surface area contributed by atoms with Gasteiger partial charge in [-0.05, 0) is 40.5 Å². The molecule has 1 saturated carbocycles. The van der Waals surface area contributed by atoms with E-state index < -0.39 is 13.0 Å². The lowest BCUT2D eigenvalue weighted by Gasteiger charge is -2.29. The van der Waals surface area contributed by atoms with Crippen LogP contribution in [0.15, 0.2) is 0 Å². The highest BCUT2D eigenvalue weighted by molar-refractivity contribution is 7.72. The summed E-state index contributed by atoms with van der Waals surface area (Å²) in [5.41, 5.74) is -1.27. The van der Waals surface area contributed by atoms with E-state index in [2.05, 4.69) is 6.07 Å². The maximum Gasteiger partial charge on any atom is 0.422 e. The van der Waals surface area contributed by atoms with Gasteiger partial charge in [0, 0.05) is 12.8 Å². The van der Waals surface area contributed by atoms with Gasteiger partial charge in [-0.2, -0.15) is 10.0 Å². The Morgan fingerprint density at radius 1 is 1.27 bits per heavy atom. The zero-order valence-electron chi connectivity index (χ0n) is 14.0. The number of rotatable bonds is 7. The summed E-state index contributed by atoms with van der Waals surface area (Å²) in [5.74, 6) is 0. The third-order valence-electron chi connectivity index (χ3n) is 3.81. The first-order valence-corrected chi connectivity index (χ1v) is 9.51. The van der Waals surface area contributed by atoms with Crippen molar-refractivity contribution in [1.29, 1.82) is 5.26 Å². The average molecular weight is 330 g/mol. The summed E-state index contributed by atoms with van der Waals surface area (Å²) < 4.78 is 24.6. The zero-order chi connectivity index (χ0) is 16.8. The Morgan fingerprint density at radius 2 is 1.77 bits per heavy atom. The lowest BCUT2D eigenvalue weighted by Crippen LogP contribution is -2.37. The van der Waals surface area contributed by atoms with E-state index in [0.717, 1.165) is 36.8 Å². The Labute approximate surface area is 133 Å². The molecule has 0 aliphatic heterocycles. The minimum absolute atomic E-state index is 0.0573. The fourth-order valence-corrected chi connectivity index (χ4v) is 4.91. The zero-order valence-corrected chi connectivity index (χ0v) is 14.9. The monoisotopic (exact) mass is 330 g/mol. The number of hydrogen-bond donors (Lipinski definition) is 0. The van der Waals surface area contributed by atoms with Crippen LogP contribution < -0.4 is 0 Å². The van der Waals surface area contributed by atoms with Crippen molar-refractivity contribution in [2.45, 2.75) is 65.8 Å². The molecule has 0 aromatic rings. The first-order valence-electron chi connectivity index (χ1n) is 7.97. The van der Waals surface area contributed by atoms with Crippen LogP contribution in [0.4, 0.5) is 0 Å². The van der Waals surface area contributed by atoms with Gasteiger partial charge in [0.2, 0.25) is 0 Å². The second-order valence-corrected chi connectivity index (χ2v) is 7.95. The second-order valence-electron chi connectivity index (χ2n) is 6.01. The molecule has 0 atom stereocenters. The predicted octanol–water partition coefficient (Wildman–Crippen LogP) is 4.04. The molecule has 0 N–H and O–H groups in total. The van der Waals surface area contributed by atoms with E-state index in [1.54, 1.807) is 27.7 Å². The van der Waals surface area contributed by atoms with Gasteiger partial charge in [-0.1, -0.05) is 6.42 Å². The number of nitriles is 1. The minimum atomic E-state index is -3.78. The van der Waals surface area contributed by atoms with Gasteiger partial charge in [-0.3, -0.25) is 0 Å². The number of hydrogen-bond acceptors (Lipinski definition) is 5. The Morgan fingerprint density at radius 3 is 2.18 bits per heavy atom. The molecular weight excluding hydrogens is 303 g/mol. The minimum Gasteiger partial charge on any atom is -0.623 e. The van der Waals surface area contributed by atoms with Gasteiger partial charge in [0.25, 0.3) is 5.45 Å². The smallest absolute Gasteiger partial charge is 0.422 e. The van der Waals surface area contributed by atoms with Crippen molar-refractivity contribution in [2.24, 2.45) is 5.41 Å². The van der Waals surface area contributed by atoms with Crippen molar-refractivity contribution >= 4 is 13.0 Å². The van der Waals surface area contributed by atoms with E-state index in [-0.39, 0.29) is 24.7 Å². The van der Waals surface area contributed by atoms with Crippen LogP contribution in [0.2, 0.25) is 0 Å². The number of hydroxylamine groups is 1. The third-order valence-corrected chi connectivity index (χ3v) is 6.28. The lowest BCUT2D eigenvalue weighted by molar-refractivity contribution is -0.506. The molecule has 0 heterocycles. The summed E-state index contributed by atoms with van der Waals surface area (Å²) in [4.78, 5) is 0. The van der Waals surface area contributed by atoms with Crippen LogP contribution in [0.3, 0.4) is 0 Å². The molecule has 0 amide bonds. The van der Waals surface area contributed by atoms with Crippen molar-refractivity contribution in [2.75, 3.05) is 13.2 Å². The molecule has 1 aliphatic rings. The summed E-state index contributed by atoms with van der Waals surface area (Å²) >= 11 is 0. The highest BCUT2D eigenvalue weighted by atomic mass is 31.2. The fraction of sp³-hybridized carbons (Fsp3) is 0.867. The molecule has 1 rings (SSSR count). The second kappa shape index (κ2) is 8.10. The molecule has 7 heteroatoms. The third kappa shape index (κ3) is 4.32. The van der Waals surface area contributed by atoms with E-state index in [0.29, 0.717) is 0 Å². The summed E-state index contributed by atoms with van der Waals surface area (Å²) in [6.07, 6.45) is 4.53. The molecule has 0 spiro atoms. The highest BCUT2D eigenvalue weighted by Gasteiger charge is 2.50. The lowest BCUT2D eigenvalue weighted by atomic mass is 9.94. The van der Waals surface area contributed by atoms with E-state index >= 15 is 0 Å². The SMILES string of the molecule is CCOP(=O)(OCC)C(=[N+]([O-])C1CCCCC1)C(C)(C)C#N. The first-order chi connectivity index (χ1) is 10.3. The van der Waals surface area contributed by atoms with Crippen LogP contribution in [0.1, 0.15) is 59.8 Å². The Kier molecular flexibility index (Phi) is 7.05.